The fourth-order valence-corrected chi connectivity index (χ4v) is 2.82. The van der Waals surface area contributed by atoms with Crippen LogP contribution in [-0.4, -0.2) is 0 Å². The van der Waals surface area contributed by atoms with E-state index in [0.29, 0.717) is 4.83 Å². The minimum Gasteiger partial charge on any atom is -0.0835 e. The van der Waals surface area contributed by atoms with E-state index in [-0.39, 0.29) is 0 Å². The number of rotatable bonds is 3. The molecule has 0 aliphatic heterocycles. The Morgan fingerprint density at radius 2 is 1.76 bits per heavy atom. The van der Waals surface area contributed by atoms with Crippen LogP contribution < -0.4 is 0 Å². The van der Waals surface area contributed by atoms with E-state index in [4.69, 9.17) is 11.6 Å². The molecule has 0 nitrogen and oxygen atoms in total. The highest BCUT2D eigenvalue weighted by Crippen LogP contribution is 2.31. The van der Waals surface area contributed by atoms with E-state index in [0.717, 1.165) is 15.9 Å². The van der Waals surface area contributed by atoms with Crippen molar-refractivity contribution in [2.75, 3.05) is 0 Å². The van der Waals surface area contributed by atoms with Gasteiger partial charge in [-0.3, -0.25) is 0 Å². The second-order valence-electron chi connectivity index (χ2n) is 3.83. The van der Waals surface area contributed by atoms with Gasteiger partial charge in [0.05, 0.1) is 5.02 Å². The molecule has 3 heteroatoms. The molecule has 0 bridgehead atoms. The predicted octanol–water partition coefficient (Wildman–Crippen LogP) is 5.78. The molecule has 17 heavy (non-hydrogen) atoms. The van der Waals surface area contributed by atoms with Gasteiger partial charge in [0.2, 0.25) is 0 Å². The smallest absolute Gasteiger partial charge is 0.0548 e. The molecule has 88 valence electrons. The van der Waals surface area contributed by atoms with Gasteiger partial charge in [0, 0.05) is 9.30 Å². The maximum atomic E-state index is 5.98. The summed E-state index contributed by atoms with van der Waals surface area (Å²) in [6.07, 6.45) is 0.967. The molecule has 0 saturated carbocycles. The van der Waals surface area contributed by atoms with Gasteiger partial charge < -0.3 is 0 Å². The van der Waals surface area contributed by atoms with Crippen molar-refractivity contribution in [3.8, 4) is 0 Å². The van der Waals surface area contributed by atoms with Crippen LogP contribution in [0.1, 0.15) is 16.0 Å². The Bertz CT molecular complexity index is 497. The average Bonchev–Trinajstić information content (AvgIpc) is 2.34. The summed E-state index contributed by atoms with van der Waals surface area (Å²) in [4.78, 5) is 0.304. The van der Waals surface area contributed by atoms with Crippen LogP contribution in [0.25, 0.3) is 0 Å². The van der Waals surface area contributed by atoms with Crippen molar-refractivity contribution in [2.45, 2.75) is 11.2 Å². The lowest BCUT2D eigenvalue weighted by Gasteiger charge is -2.11. The average molecular weight is 375 g/mol. The van der Waals surface area contributed by atoms with Crippen molar-refractivity contribution < 1.29 is 0 Å². The highest BCUT2D eigenvalue weighted by molar-refractivity contribution is 9.10. The molecule has 0 aliphatic rings. The lowest BCUT2D eigenvalue weighted by Crippen LogP contribution is -1.95. The zero-order chi connectivity index (χ0) is 12.3. The van der Waals surface area contributed by atoms with Crippen molar-refractivity contribution in [3.05, 3.63) is 69.2 Å². The van der Waals surface area contributed by atoms with Crippen molar-refractivity contribution >= 4 is 43.5 Å². The van der Waals surface area contributed by atoms with Gasteiger partial charge in [-0.1, -0.05) is 63.9 Å². The molecule has 2 aromatic rings. The molecular weight excluding hydrogens is 363 g/mol. The molecule has 0 radical (unpaired) electrons. The van der Waals surface area contributed by atoms with Gasteiger partial charge in [-0.25, -0.2) is 0 Å². The van der Waals surface area contributed by atoms with Gasteiger partial charge in [-0.2, -0.15) is 0 Å². The first kappa shape index (κ1) is 13.1. The fourth-order valence-electron chi connectivity index (χ4n) is 1.65. The van der Waals surface area contributed by atoms with E-state index < -0.39 is 0 Å². The molecular formula is C14H11Br2Cl. The van der Waals surface area contributed by atoms with E-state index in [1.54, 1.807) is 0 Å². The third kappa shape index (κ3) is 3.57. The first-order chi connectivity index (χ1) is 8.16. The summed E-state index contributed by atoms with van der Waals surface area (Å²) in [7, 11) is 0. The Morgan fingerprint density at radius 1 is 1.06 bits per heavy atom. The molecule has 2 rings (SSSR count). The summed E-state index contributed by atoms with van der Waals surface area (Å²) in [6.45, 7) is 0. The molecule has 0 aromatic heterocycles. The summed E-state index contributed by atoms with van der Waals surface area (Å²) >= 11 is 13.1. The molecule has 0 aliphatic carbocycles. The Labute approximate surface area is 123 Å². The van der Waals surface area contributed by atoms with Gasteiger partial charge in [0.25, 0.3) is 0 Å². The second kappa shape index (κ2) is 6.03. The van der Waals surface area contributed by atoms with Gasteiger partial charge in [0.15, 0.2) is 0 Å². The Balaban J connectivity index is 2.14. The van der Waals surface area contributed by atoms with Crippen LogP contribution in [0.4, 0.5) is 0 Å². The van der Waals surface area contributed by atoms with Crippen LogP contribution in [0.15, 0.2) is 53.0 Å². The van der Waals surface area contributed by atoms with Crippen LogP contribution in [0.3, 0.4) is 0 Å². The lowest BCUT2D eigenvalue weighted by atomic mass is 10.0. The summed E-state index contributed by atoms with van der Waals surface area (Å²) in [5.41, 5.74) is 2.55. The zero-order valence-corrected chi connectivity index (χ0v) is 13.0. The highest BCUT2D eigenvalue weighted by Gasteiger charge is 2.09. The van der Waals surface area contributed by atoms with Crippen LogP contribution in [0.2, 0.25) is 5.02 Å². The Morgan fingerprint density at radius 3 is 2.41 bits per heavy atom. The number of alkyl halides is 1. The summed E-state index contributed by atoms with van der Waals surface area (Å²) in [5.74, 6) is 0. The van der Waals surface area contributed by atoms with E-state index in [1.165, 1.54) is 11.1 Å². The molecule has 0 fully saturated rings. The van der Waals surface area contributed by atoms with E-state index in [2.05, 4.69) is 68.3 Å². The number of benzene rings is 2. The van der Waals surface area contributed by atoms with Gasteiger partial charge in [-0.05, 0) is 45.6 Å². The van der Waals surface area contributed by atoms with Crippen molar-refractivity contribution in [2.24, 2.45) is 0 Å². The molecule has 0 N–H and O–H groups in total. The number of hydrogen-bond acceptors (Lipinski definition) is 0. The first-order valence-corrected chi connectivity index (χ1v) is 7.38. The lowest BCUT2D eigenvalue weighted by molar-refractivity contribution is 0.948. The second-order valence-corrected chi connectivity index (χ2v) is 6.20. The number of hydrogen-bond donors (Lipinski definition) is 0. The normalized spacial score (nSPS) is 12.4. The first-order valence-electron chi connectivity index (χ1n) is 5.30. The van der Waals surface area contributed by atoms with Crippen LogP contribution in [-0.2, 0) is 6.42 Å². The third-order valence-corrected chi connectivity index (χ3v) is 4.63. The summed E-state index contributed by atoms with van der Waals surface area (Å²) in [6, 6.07) is 16.5. The monoisotopic (exact) mass is 372 g/mol. The van der Waals surface area contributed by atoms with Crippen molar-refractivity contribution in [1.82, 2.24) is 0 Å². The summed E-state index contributed by atoms with van der Waals surface area (Å²) in [5, 5.41) is 0.744. The molecule has 0 amide bonds. The maximum absolute atomic E-state index is 5.98. The minimum atomic E-state index is 0.304. The van der Waals surface area contributed by atoms with E-state index >= 15 is 0 Å². The van der Waals surface area contributed by atoms with Gasteiger partial charge in [0.1, 0.15) is 0 Å². The van der Waals surface area contributed by atoms with Crippen molar-refractivity contribution in [1.29, 1.82) is 0 Å². The van der Waals surface area contributed by atoms with Gasteiger partial charge in [-0.15, -0.1) is 0 Å². The minimum absolute atomic E-state index is 0.304. The highest BCUT2D eigenvalue weighted by atomic mass is 79.9. The van der Waals surface area contributed by atoms with Crippen LogP contribution >= 0.6 is 43.5 Å². The Hall–Kier alpha value is -0.310. The van der Waals surface area contributed by atoms with Crippen LogP contribution in [0, 0.1) is 0 Å². The molecule has 0 heterocycles. The quantitative estimate of drug-likeness (QED) is 0.597. The fraction of sp³-hybridized carbons (Fsp3) is 0.143. The molecule has 0 spiro atoms. The van der Waals surface area contributed by atoms with E-state index in [1.807, 2.05) is 12.1 Å². The summed E-state index contributed by atoms with van der Waals surface area (Å²) < 4.78 is 0.939. The van der Waals surface area contributed by atoms with E-state index in [9.17, 15) is 0 Å². The molecule has 1 atom stereocenters. The zero-order valence-electron chi connectivity index (χ0n) is 9.04. The largest absolute Gasteiger partial charge is 0.0835 e. The standard InChI is InChI=1S/C14H11Br2Cl/c15-12(8-10-4-2-1-3-5-10)11-6-7-14(17)13(16)9-11/h1-7,9,12H,8H2. The molecule has 1 unspecified atom stereocenters. The number of halogens is 3. The Kier molecular flexibility index (Phi) is 4.66. The van der Waals surface area contributed by atoms with Crippen molar-refractivity contribution in [3.63, 3.8) is 0 Å². The third-order valence-electron chi connectivity index (χ3n) is 2.56. The topological polar surface area (TPSA) is 0 Å². The molecule has 2 aromatic carbocycles. The maximum Gasteiger partial charge on any atom is 0.0548 e. The SMILES string of the molecule is Clc1ccc(C(Br)Cc2ccccc2)cc1Br. The predicted molar refractivity (Wildman–Crippen MR) is 81.0 cm³/mol. The molecule has 0 saturated heterocycles. The van der Waals surface area contributed by atoms with Crippen LogP contribution in [0.5, 0.6) is 0 Å². The van der Waals surface area contributed by atoms with Gasteiger partial charge >= 0.3 is 0 Å².